The van der Waals surface area contributed by atoms with Crippen LogP contribution in [0, 0.1) is 11.3 Å². The molecule has 1 aromatic heterocycles. The first-order valence-electron chi connectivity index (χ1n) is 10.5. The van der Waals surface area contributed by atoms with Crippen LogP contribution in [-0.2, 0) is 16.1 Å². The molecule has 1 fully saturated rings. The monoisotopic (exact) mass is 454 g/mol. The van der Waals surface area contributed by atoms with Crippen LogP contribution in [0.5, 0.6) is 0 Å². The Balaban J connectivity index is 1.84. The summed E-state index contributed by atoms with van der Waals surface area (Å²) in [5.74, 6) is -0.566. The van der Waals surface area contributed by atoms with Crippen molar-refractivity contribution in [2.75, 3.05) is 36.8 Å². The molecule has 2 amide bonds. The second-order valence-electron chi connectivity index (χ2n) is 7.21. The summed E-state index contributed by atoms with van der Waals surface area (Å²) >= 11 is 1.08. The predicted molar refractivity (Wildman–Crippen MR) is 125 cm³/mol. The molecule has 2 heterocycles. The van der Waals surface area contributed by atoms with E-state index in [1.54, 1.807) is 38.2 Å². The van der Waals surface area contributed by atoms with Crippen molar-refractivity contribution in [1.82, 2.24) is 14.8 Å². The van der Waals surface area contributed by atoms with Crippen LogP contribution in [-0.4, -0.2) is 47.5 Å². The number of aromatic nitrogens is 1. The summed E-state index contributed by atoms with van der Waals surface area (Å²) in [7, 11) is 0. The fourth-order valence-electron chi connectivity index (χ4n) is 3.22. The van der Waals surface area contributed by atoms with Gasteiger partial charge in [-0.3, -0.25) is 23.9 Å². The molecule has 1 aliphatic rings. The number of thiazole rings is 1. The number of hydrogen-bond acceptors (Lipinski definition) is 7. The number of amides is 2. The SMILES string of the molecule is CCNC(=O)/C(C#N)=c1\s/c(=C/Nc2cccc(NC(=O)CN3CCC3)c2)c(=O)n1CC. The fraction of sp³-hybridized carbons (Fsp3) is 0.364. The average Bonchev–Trinajstić information content (AvgIpc) is 3.05. The van der Waals surface area contributed by atoms with Gasteiger partial charge in [0.05, 0.1) is 6.54 Å². The molecule has 10 heteroatoms. The number of benzene rings is 1. The molecular formula is C22H26N6O3S. The molecule has 0 atom stereocenters. The van der Waals surface area contributed by atoms with Gasteiger partial charge in [0.1, 0.15) is 15.3 Å². The van der Waals surface area contributed by atoms with E-state index in [-0.39, 0.29) is 17.0 Å². The zero-order chi connectivity index (χ0) is 23.1. The lowest BCUT2D eigenvalue weighted by Crippen LogP contribution is -2.42. The van der Waals surface area contributed by atoms with Gasteiger partial charge < -0.3 is 16.0 Å². The molecule has 0 spiro atoms. The maximum Gasteiger partial charge on any atom is 0.270 e. The number of nitrogens with one attached hydrogen (secondary N) is 3. The third kappa shape index (κ3) is 5.43. The van der Waals surface area contributed by atoms with Crippen molar-refractivity contribution in [2.24, 2.45) is 0 Å². The summed E-state index contributed by atoms with van der Waals surface area (Å²) in [4.78, 5) is 39.2. The van der Waals surface area contributed by atoms with Gasteiger partial charge in [-0.15, -0.1) is 11.3 Å². The summed E-state index contributed by atoms with van der Waals surface area (Å²) in [5.41, 5.74) is 0.985. The van der Waals surface area contributed by atoms with Crippen molar-refractivity contribution in [2.45, 2.75) is 26.8 Å². The predicted octanol–water partition coefficient (Wildman–Crippen LogP) is 0.234. The van der Waals surface area contributed by atoms with E-state index in [4.69, 9.17) is 0 Å². The first-order valence-corrected chi connectivity index (χ1v) is 11.3. The van der Waals surface area contributed by atoms with E-state index in [0.29, 0.717) is 40.2 Å². The number of carbonyl (C=O) groups excluding carboxylic acids is 2. The van der Waals surface area contributed by atoms with Gasteiger partial charge in [-0.25, -0.2) is 0 Å². The van der Waals surface area contributed by atoms with E-state index >= 15 is 0 Å². The quantitative estimate of drug-likeness (QED) is 0.526. The van der Waals surface area contributed by atoms with Crippen LogP contribution in [0.25, 0.3) is 11.8 Å². The number of rotatable bonds is 8. The van der Waals surface area contributed by atoms with Crippen LogP contribution in [0.4, 0.5) is 11.4 Å². The van der Waals surface area contributed by atoms with Gasteiger partial charge in [0.25, 0.3) is 11.5 Å². The van der Waals surface area contributed by atoms with Crippen molar-refractivity contribution < 1.29 is 9.59 Å². The normalized spacial score (nSPS) is 14.8. The van der Waals surface area contributed by atoms with E-state index in [1.807, 2.05) is 12.1 Å². The van der Waals surface area contributed by atoms with E-state index < -0.39 is 5.91 Å². The van der Waals surface area contributed by atoms with Crippen LogP contribution in [0.3, 0.4) is 0 Å². The van der Waals surface area contributed by atoms with Gasteiger partial charge in [0, 0.05) is 30.7 Å². The minimum absolute atomic E-state index is 0.0653. The second kappa shape index (κ2) is 10.7. The molecule has 3 rings (SSSR count). The van der Waals surface area contributed by atoms with Crippen molar-refractivity contribution in [3.05, 3.63) is 43.8 Å². The molecule has 0 unspecified atom stereocenters. The van der Waals surface area contributed by atoms with Gasteiger partial charge in [-0.1, -0.05) is 6.07 Å². The highest BCUT2D eigenvalue weighted by Crippen LogP contribution is 2.15. The van der Waals surface area contributed by atoms with Crippen LogP contribution in [0.15, 0.2) is 29.1 Å². The lowest BCUT2D eigenvalue weighted by molar-refractivity contribution is -0.118. The lowest BCUT2D eigenvalue weighted by Gasteiger charge is -2.29. The Hall–Kier alpha value is -3.42. The molecule has 168 valence electrons. The van der Waals surface area contributed by atoms with Gasteiger partial charge >= 0.3 is 0 Å². The fourth-order valence-corrected chi connectivity index (χ4v) is 4.30. The van der Waals surface area contributed by atoms with E-state index in [2.05, 4.69) is 20.9 Å². The topological polar surface area (TPSA) is 119 Å². The minimum atomic E-state index is -0.500. The van der Waals surface area contributed by atoms with E-state index in [0.717, 1.165) is 30.8 Å². The van der Waals surface area contributed by atoms with Gasteiger partial charge in [0.2, 0.25) is 5.91 Å². The van der Waals surface area contributed by atoms with Crippen molar-refractivity contribution in [1.29, 1.82) is 5.26 Å². The third-order valence-corrected chi connectivity index (χ3v) is 6.08. The van der Waals surface area contributed by atoms with E-state index in [9.17, 15) is 19.6 Å². The van der Waals surface area contributed by atoms with Crippen LogP contribution >= 0.6 is 11.3 Å². The summed E-state index contributed by atoms with van der Waals surface area (Å²) in [6, 6.07) is 9.11. The van der Waals surface area contributed by atoms with Crippen LogP contribution in [0.2, 0.25) is 0 Å². The largest absolute Gasteiger partial charge is 0.360 e. The third-order valence-electron chi connectivity index (χ3n) is 4.95. The molecule has 0 radical (unpaired) electrons. The molecule has 32 heavy (non-hydrogen) atoms. The molecule has 0 saturated carbocycles. The number of nitriles is 1. The highest BCUT2D eigenvalue weighted by atomic mass is 32.1. The highest BCUT2D eigenvalue weighted by molar-refractivity contribution is 7.07. The van der Waals surface area contributed by atoms with Gasteiger partial charge in [-0.2, -0.15) is 5.26 Å². The number of likely N-dealkylation sites (tertiary alicyclic amines) is 1. The van der Waals surface area contributed by atoms with Crippen molar-refractivity contribution in [3.8, 4) is 6.07 Å². The van der Waals surface area contributed by atoms with Crippen LogP contribution in [0.1, 0.15) is 20.3 Å². The number of anilines is 2. The highest BCUT2D eigenvalue weighted by Gasteiger charge is 2.17. The molecule has 2 aromatic rings. The smallest absolute Gasteiger partial charge is 0.270 e. The van der Waals surface area contributed by atoms with Crippen molar-refractivity contribution in [3.63, 3.8) is 0 Å². The molecule has 1 aromatic carbocycles. The first-order chi connectivity index (χ1) is 15.5. The number of nitrogens with zero attached hydrogens (tertiary/aromatic N) is 3. The lowest BCUT2D eigenvalue weighted by atomic mass is 10.2. The molecule has 0 bridgehead atoms. The average molecular weight is 455 g/mol. The van der Waals surface area contributed by atoms with Gasteiger partial charge in [0.15, 0.2) is 5.57 Å². The molecule has 1 saturated heterocycles. The molecule has 1 aliphatic heterocycles. The summed E-state index contributed by atoms with van der Waals surface area (Å²) in [5, 5.41) is 18.0. The number of hydrogen-bond donors (Lipinski definition) is 3. The van der Waals surface area contributed by atoms with Gasteiger partial charge in [-0.05, 0) is 51.6 Å². The first kappa shape index (κ1) is 23.2. The zero-order valence-electron chi connectivity index (χ0n) is 18.1. The standard InChI is InChI=1S/C22H26N6O3S/c1-3-24-20(30)17(12-23)22-28(4-2)21(31)18(32-22)13-25-15-7-5-8-16(11-15)26-19(29)14-27-9-6-10-27/h5,7-8,11,13,25H,3-4,6,9-10,14H2,1-2H3,(H,24,30)(H,26,29)/b18-13+,22-17-. The maximum atomic E-state index is 12.8. The maximum absolute atomic E-state index is 12.8. The zero-order valence-corrected chi connectivity index (χ0v) is 18.9. The minimum Gasteiger partial charge on any atom is -0.360 e. The summed E-state index contributed by atoms with van der Waals surface area (Å²) < 4.78 is 2.11. The van der Waals surface area contributed by atoms with E-state index in [1.165, 1.54) is 4.57 Å². The summed E-state index contributed by atoms with van der Waals surface area (Å²) in [6.45, 7) is 6.55. The Labute approximate surface area is 189 Å². The Morgan fingerprint density at radius 1 is 1.25 bits per heavy atom. The molecule has 3 N–H and O–H groups in total. The Morgan fingerprint density at radius 3 is 2.62 bits per heavy atom. The Bertz CT molecular complexity index is 1220. The second-order valence-corrected chi connectivity index (χ2v) is 8.25. The molecular weight excluding hydrogens is 428 g/mol. The van der Waals surface area contributed by atoms with Crippen LogP contribution < -0.4 is 30.7 Å². The number of carbonyl (C=O) groups is 2. The Kier molecular flexibility index (Phi) is 7.81. The summed E-state index contributed by atoms with van der Waals surface area (Å²) in [6.07, 6.45) is 2.68. The molecule has 0 aliphatic carbocycles. The Morgan fingerprint density at radius 2 is 2.00 bits per heavy atom. The van der Waals surface area contributed by atoms with Crippen molar-refractivity contribution >= 4 is 46.3 Å². The molecule has 9 nitrogen and oxygen atoms in total.